The highest BCUT2D eigenvalue weighted by Gasteiger charge is 2.24. The molecular formula is C31H42N4O6. The van der Waals surface area contributed by atoms with E-state index >= 15 is 0 Å². The molecular weight excluding hydrogens is 524 g/mol. The van der Waals surface area contributed by atoms with Crippen molar-refractivity contribution in [3.05, 3.63) is 87.7 Å². The maximum Gasteiger partial charge on any atom is 0.328 e. The number of phenols is 1. The third-order valence-electron chi connectivity index (χ3n) is 6.19. The van der Waals surface area contributed by atoms with E-state index in [4.69, 9.17) is 0 Å². The Labute approximate surface area is 241 Å². The van der Waals surface area contributed by atoms with Gasteiger partial charge in [-0.05, 0) is 68.3 Å². The summed E-state index contributed by atoms with van der Waals surface area (Å²) in [5.74, 6) is -2.63. The first kappa shape index (κ1) is 34.4. The van der Waals surface area contributed by atoms with Gasteiger partial charge in [0, 0.05) is 42.7 Å². The molecule has 0 saturated carbocycles. The van der Waals surface area contributed by atoms with Gasteiger partial charge in [0.05, 0.1) is 5.56 Å². The number of aromatic nitrogens is 1. The molecule has 0 bridgehead atoms. The number of aromatic hydroxyl groups is 1. The molecule has 2 aromatic carbocycles. The number of phenolic OH excluding ortho intramolecular Hbond substituents is 1. The molecule has 0 radical (unpaired) electrons. The minimum absolute atomic E-state index is 0.0995. The van der Waals surface area contributed by atoms with Crippen LogP contribution in [0.3, 0.4) is 0 Å². The van der Waals surface area contributed by atoms with Crippen LogP contribution in [0.2, 0.25) is 0 Å². The van der Waals surface area contributed by atoms with Gasteiger partial charge in [-0.1, -0.05) is 39.8 Å². The highest BCUT2D eigenvalue weighted by atomic mass is 16.4. The van der Waals surface area contributed by atoms with Gasteiger partial charge in [-0.25, -0.2) is 4.79 Å². The van der Waals surface area contributed by atoms with E-state index in [2.05, 4.69) is 16.0 Å². The Bertz CT molecular complexity index is 1360. The molecule has 222 valence electrons. The molecule has 41 heavy (non-hydrogen) atoms. The van der Waals surface area contributed by atoms with E-state index in [-0.39, 0.29) is 30.3 Å². The maximum atomic E-state index is 12.8. The largest absolute Gasteiger partial charge is 0.508 e. The van der Waals surface area contributed by atoms with Crippen LogP contribution in [-0.4, -0.2) is 51.1 Å². The van der Waals surface area contributed by atoms with E-state index in [1.54, 1.807) is 38.1 Å². The van der Waals surface area contributed by atoms with Crippen LogP contribution < -0.4 is 16.0 Å². The third kappa shape index (κ3) is 9.52. The zero-order valence-electron chi connectivity index (χ0n) is 25.1. The van der Waals surface area contributed by atoms with Gasteiger partial charge in [-0.15, -0.1) is 0 Å². The second-order valence-electron chi connectivity index (χ2n) is 8.80. The van der Waals surface area contributed by atoms with Crippen molar-refractivity contribution in [2.24, 2.45) is 7.05 Å². The quantitative estimate of drug-likeness (QED) is 0.261. The van der Waals surface area contributed by atoms with Crippen molar-refractivity contribution in [3.8, 4) is 5.75 Å². The lowest BCUT2D eigenvalue weighted by Gasteiger charge is -2.16. The van der Waals surface area contributed by atoms with Gasteiger partial charge in [0.2, 0.25) is 0 Å². The number of nitrogens with zero attached hydrogens (tertiary/aromatic N) is 1. The maximum absolute atomic E-state index is 12.8. The van der Waals surface area contributed by atoms with Crippen molar-refractivity contribution in [3.63, 3.8) is 0 Å². The zero-order chi connectivity index (χ0) is 31.3. The molecule has 1 heterocycles. The van der Waals surface area contributed by atoms with Crippen molar-refractivity contribution in [1.82, 2.24) is 20.5 Å². The average molecular weight is 567 g/mol. The standard InChI is InChI=1S/C27H30N4O6.2C2H6/c1-15-10-19(24(33)28-13-18-6-5-7-20(32)12-18)8-9-21(15)26(35)30-23(27(36)37)14-29-25(34)22-11-16(2)31(4)17(22)3;2*1-2/h5-12,23,32H,13-14H2,1-4H3,(H,28,33)(H,29,34)(H,30,35)(H,36,37);2*1-2H3. The van der Waals surface area contributed by atoms with Gasteiger partial charge in [0.15, 0.2) is 0 Å². The summed E-state index contributed by atoms with van der Waals surface area (Å²) in [5.41, 5.74) is 3.80. The molecule has 1 atom stereocenters. The normalized spacial score (nSPS) is 10.6. The first-order chi connectivity index (χ1) is 19.5. The van der Waals surface area contributed by atoms with Crippen molar-refractivity contribution >= 4 is 23.7 Å². The molecule has 1 aromatic heterocycles. The monoisotopic (exact) mass is 566 g/mol. The van der Waals surface area contributed by atoms with Gasteiger partial charge in [0.25, 0.3) is 17.7 Å². The summed E-state index contributed by atoms with van der Waals surface area (Å²) < 4.78 is 1.85. The lowest BCUT2D eigenvalue weighted by atomic mass is 10.0. The Hall–Kier alpha value is -4.60. The molecule has 0 aliphatic rings. The van der Waals surface area contributed by atoms with Crippen LogP contribution in [0.15, 0.2) is 48.5 Å². The molecule has 0 spiro atoms. The number of carboxylic acid groups (broad SMARTS) is 1. The molecule has 0 aliphatic carbocycles. The lowest BCUT2D eigenvalue weighted by Crippen LogP contribution is -2.48. The van der Waals surface area contributed by atoms with Crippen molar-refractivity contribution in [2.45, 2.75) is 61.1 Å². The summed E-state index contributed by atoms with van der Waals surface area (Å²) in [5, 5.41) is 26.9. The fourth-order valence-electron chi connectivity index (χ4n) is 3.82. The number of aryl methyl sites for hydroxylation is 2. The fraction of sp³-hybridized carbons (Fsp3) is 0.355. The number of nitrogens with one attached hydrogen (secondary N) is 3. The van der Waals surface area contributed by atoms with Crippen LogP contribution in [0.4, 0.5) is 0 Å². The number of benzene rings is 2. The number of hydrogen-bond donors (Lipinski definition) is 5. The lowest BCUT2D eigenvalue weighted by molar-refractivity contribution is -0.139. The molecule has 0 saturated heterocycles. The number of rotatable bonds is 9. The van der Waals surface area contributed by atoms with Gasteiger partial charge < -0.3 is 30.7 Å². The molecule has 0 aliphatic heterocycles. The highest BCUT2D eigenvalue weighted by Crippen LogP contribution is 2.15. The average Bonchev–Trinajstić information content (AvgIpc) is 3.22. The summed E-state index contributed by atoms with van der Waals surface area (Å²) >= 11 is 0. The summed E-state index contributed by atoms with van der Waals surface area (Å²) in [6.45, 7) is 13.2. The highest BCUT2D eigenvalue weighted by molar-refractivity contribution is 6.00. The predicted octanol–water partition coefficient (Wildman–Crippen LogP) is 4.25. The van der Waals surface area contributed by atoms with Gasteiger partial charge in [0.1, 0.15) is 11.8 Å². The zero-order valence-corrected chi connectivity index (χ0v) is 25.1. The summed E-state index contributed by atoms with van der Waals surface area (Å²) in [4.78, 5) is 49.6. The van der Waals surface area contributed by atoms with Crippen LogP contribution in [-0.2, 0) is 18.4 Å². The van der Waals surface area contributed by atoms with Gasteiger partial charge in [-0.2, -0.15) is 0 Å². The van der Waals surface area contributed by atoms with Crippen LogP contribution in [0.5, 0.6) is 5.75 Å². The van der Waals surface area contributed by atoms with Crippen molar-refractivity contribution < 1.29 is 29.4 Å². The van der Waals surface area contributed by atoms with E-state index in [0.717, 1.165) is 17.0 Å². The molecule has 10 nitrogen and oxygen atoms in total. The number of aliphatic carboxylic acids is 1. The van der Waals surface area contributed by atoms with E-state index in [1.165, 1.54) is 24.3 Å². The van der Waals surface area contributed by atoms with Crippen LogP contribution in [0.1, 0.15) is 81.3 Å². The summed E-state index contributed by atoms with van der Waals surface area (Å²) in [6.07, 6.45) is 0. The molecule has 1 unspecified atom stereocenters. The smallest absolute Gasteiger partial charge is 0.328 e. The van der Waals surface area contributed by atoms with E-state index < -0.39 is 23.8 Å². The Morgan fingerprint density at radius 1 is 0.829 bits per heavy atom. The van der Waals surface area contributed by atoms with E-state index in [0.29, 0.717) is 16.7 Å². The van der Waals surface area contributed by atoms with E-state index in [9.17, 15) is 29.4 Å². The van der Waals surface area contributed by atoms with Crippen molar-refractivity contribution in [2.75, 3.05) is 6.54 Å². The van der Waals surface area contributed by atoms with Crippen LogP contribution in [0.25, 0.3) is 0 Å². The van der Waals surface area contributed by atoms with Gasteiger partial charge >= 0.3 is 5.97 Å². The minimum Gasteiger partial charge on any atom is -0.508 e. The van der Waals surface area contributed by atoms with Gasteiger partial charge in [-0.3, -0.25) is 14.4 Å². The third-order valence-corrected chi connectivity index (χ3v) is 6.19. The SMILES string of the molecule is CC.CC.Cc1cc(C(=O)NCc2cccc(O)c2)ccc1C(=O)NC(CNC(=O)c1cc(C)n(C)c1C)C(=O)O. The molecule has 3 amide bonds. The first-order valence-corrected chi connectivity index (χ1v) is 13.6. The molecule has 3 rings (SSSR count). The second-order valence-corrected chi connectivity index (χ2v) is 8.80. The minimum atomic E-state index is -1.36. The number of carboxylic acids is 1. The van der Waals surface area contributed by atoms with Crippen LogP contribution >= 0.6 is 0 Å². The molecule has 0 fully saturated rings. The topological polar surface area (TPSA) is 150 Å². The first-order valence-electron chi connectivity index (χ1n) is 13.6. The van der Waals surface area contributed by atoms with Crippen molar-refractivity contribution in [1.29, 1.82) is 0 Å². The molecule has 5 N–H and O–H groups in total. The molecule has 10 heteroatoms. The summed E-state index contributed by atoms with van der Waals surface area (Å²) in [6, 6.07) is 11.3. The summed E-state index contributed by atoms with van der Waals surface area (Å²) in [7, 11) is 1.83. The number of hydrogen-bond acceptors (Lipinski definition) is 5. The number of carbonyl (C=O) groups is 4. The predicted molar refractivity (Wildman–Crippen MR) is 159 cm³/mol. The number of amides is 3. The molecule has 3 aromatic rings. The second kappa shape index (κ2) is 16.5. The Morgan fingerprint density at radius 2 is 1.49 bits per heavy atom. The Balaban J connectivity index is 0.00000201. The fourth-order valence-corrected chi connectivity index (χ4v) is 3.82. The Morgan fingerprint density at radius 3 is 2.02 bits per heavy atom. The number of carbonyl (C=O) groups excluding carboxylic acids is 3. The Kier molecular flexibility index (Phi) is 13.8. The van der Waals surface area contributed by atoms with E-state index in [1.807, 2.05) is 46.2 Å². The van der Waals surface area contributed by atoms with Crippen LogP contribution in [0, 0.1) is 20.8 Å².